The molecule has 17 heavy (non-hydrogen) atoms. The smallest absolute Gasteiger partial charge is 0.249 e. The van der Waals surface area contributed by atoms with Crippen molar-refractivity contribution >= 4 is 11.6 Å². The molecule has 1 heterocycles. The molecule has 0 aliphatic rings. The van der Waals surface area contributed by atoms with Gasteiger partial charge in [-0.05, 0) is 12.5 Å². The highest BCUT2D eigenvalue weighted by molar-refractivity contribution is 6.22. The van der Waals surface area contributed by atoms with E-state index in [1.165, 1.54) is 0 Å². The molecule has 0 aliphatic heterocycles. The Morgan fingerprint density at radius 2 is 2.12 bits per heavy atom. The molecule has 2 aromatic rings. The summed E-state index contributed by atoms with van der Waals surface area (Å²) in [6, 6.07) is 9.61. The molecule has 0 spiro atoms. The largest absolute Gasteiger partial charge is 0.374 e. The van der Waals surface area contributed by atoms with Gasteiger partial charge in [0.05, 0.1) is 0 Å². The number of rotatable bonds is 5. The number of halogens is 1. The summed E-state index contributed by atoms with van der Waals surface area (Å²) in [6.45, 7) is 2.88. The van der Waals surface area contributed by atoms with Crippen LogP contribution in [0.1, 0.15) is 29.6 Å². The highest BCUT2D eigenvalue weighted by atomic mass is 35.5. The van der Waals surface area contributed by atoms with Crippen LogP contribution in [0, 0.1) is 0 Å². The van der Waals surface area contributed by atoms with Crippen LogP contribution in [0.25, 0.3) is 0 Å². The van der Waals surface area contributed by atoms with E-state index in [4.69, 9.17) is 20.9 Å². The molecule has 5 heteroatoms. The van der Waals surface area contributed by atoms with Gasteiger partial charge in [0.25, 0.3) is 0 Å². The molecule has 1 aromatic heterocycles. The van der Waals surface area contributed by atoms with Gasteiger partial charge >= 0.3 is 0 Å². The molecule has 0 aliphatic carbocycles. The molecular formula is C12H13ClN2O2. The third-order valence-corrected chi connectivity index (χ3v) is 2.67. The van der Waals surface area contributed by atoms with E-state index in [1.807, 2.05) is 37.3 Å². The van der Waals surface area contributed by atoms with E-state index in [0.29, 0.717) is 24.9 Å². The number of benzene rings is 1. The second-order valence-corrected chi connectivity index (χ2v) is 3.90. The number of aromatic nitrogens is 2. The maximum Gasteiger partial charge on any atom is 0.249 e. The first-order valence-corrected chi connectivity index (χ1v) is 5.84. The van der Waals surface area contributed by atoms with Crippen molar-refractivity contribution < 1.29 is 9.26 Å². The average Bonchev–Trinajstić information content (AvgIpc) is 2.85. The molecule has 0 saturated carbocycles. The molecule has 0 amide bonds. The summed E-state index contributed by atoms with van der Waals surface area (Å²) in [5.74, 6) is 0.913. The van der Waals surface area contributed by atoms with Gasteiger partial charge in [0.1, 0.15) is 12.0 Å². The van der Waals surface area contributed by atoms with Gasteiger partial charge in [-0.3, -0.25) is 0 Å². The molecule has 4 nitrogen and oxygen atoms in total. The van der Waals surface area contributed by atoms with Gasteiger partial charge in [0, 0.05) is 6.61 Å². The Hall–Kier alpha value is -1.39. The third kappa shape index (κ3) is 3.05. The maximum absolute atomic E-state index is 6.24. The first kappa shape index (κ1) is 12.1. The summed E-state index contributed by atoms with van der Waals surface area (Å²) < 4.78 is 10.3. The molecule has 0 N–H and O–H groups in total. The number of nitrogens with zero attached hydrogens (tertiary/aromatic N) is 2. The summed E-state index contributed by atoms with van der Waals surface area (Å²) in [4.78, 5) is 4.19. The second-order valence-electron chi connectivity index (χ2n) is 3.46. The molecule has 0 fully saturated rings. The van der Waals surface area contributed by atoms with Crippen LogP contribution in [-0.2, 0) is 11.3 Å². The van der Waals surface area contributed by atoms with E-state index in [0.717, 1.165) is 5.56 Å². The van der Waals surface area contributed by atoms with E-state index in [1.54, 1.807) is 0 Å². The van der Waals surface area contributed by atoms with Crippen molar-refractivity contribution in [1.29, 1.82) is 0 Å². The van der Waals surface area contributed by atoms with Crippen molar-refractivity contribution in [2.45, 2.75) is 18.9 Å². The molecule has 1 atom stereocenters. The highest BCUT2D eigenvalue weighted by Crippen LogP contribution is 2.26. The van der Waals surface area contributed by atoms with Gasteiger partial charge in [0.2, 0.25) is 5.89 Å². The molecule has 1 unspecified atom stereocenters. The van der Waals surface area contributed by atoms with Gasteiger partial charge in [-0.1, -0.05) is 35.5 Å². The quantitative estimate of drug-likeness (QED) is 0.768. The first-order valence-electron chi connectivity index (χ1n) is 5.40. The second kappa shape index (κ2) is 5.80. The van der Waals surface area contributed by atoms with Crippen LogP contribution in [0.5, 0.6) is 0 Å². The lowest BCUT2D eigenvalue weighted by molar-refractivity contribution is 0.126. The van der Waals surface area contributed by atoms with E-state index in [2.05, 4.69) is 10.1 Å². The van der Waals surface area contributed by atoms with E-state index >= 15 is 0 Å². The third-order valence-electron chi connectivity index (χ3n) is 2.23. The van der Waals surface area contributed by atoms with Gasteiger partial charge < -0.3 is 9.26 Å². The Balaban J connectivity index is 2.09. The molecule has 0 saturated heterocycles. The minimum Gasteiger partial charge on any atom is -0.374 e. The van der Waals surface area contributed by atoms with Crippen molar-refractivity contribution in [3.63, 3.8) is 0 Å². The zero-order valence-corrected chi connectivity index (χ0v) is 10.2. The Labute approximate surface area is 105 Å². The zero-order chi connectivity index (χ0) is 12.1. The molecule has 0 bridgehead atoms. The van der Waals surface area contributed by atoms with Crippen LogP contribution >= 0.6 is 11.6 Å². The van der Waals surface area contributed by atoms with Gasteiger partial charge in [-0.2, -0.15) is 4.98 Å². The Morgan fingerprint density at radius 1 is 1.35 bits per heavy atom. The standard InChI is InChI=1S/C12H13ClN2O2/c1-2-16-8-10-14-12(17-15-10)11(13)9-6-4-3-5-7-9/h3-7,11H,2,8H2,1H3. The van der Waals surface area contributed by atoms with Gasteiger partial charge in [-0.25, -0.2) is 0 Å². The van der Waals surface area contributed by atoms with Crippen molar-refractivity contribution in [2.24, 2.45) is 0 Å². The summed E-state index contributed by atoms with van der Waals surface area (Å²) in [6.07, 6.45) is 0. The molecule has 0 radical (unpaired) electrons. The SMILES string of the molecule is CCOCc1noc(C(Cl)c2ccccc2)n1. The van der Waals surface area contributed by atoms with Crippen LogP contribution in [-0.4, -0.2) is 16.7 Å². The van der Waals surface area contributed by atoms with Crippen molar-refractivity contribution in [3.8, 4) is 0 Å². The molecule has 1 aromatic carbocycles. The van der Waals surface area contributed by atoms with E-state index < -0.39 is 5.38 Å². The predicted octanol–water partition coefficient (Wildman–Crippen LogP) is 2.93. The predicted molar refractivity (Wildman–Crippen MR) is 63.8 cm³/mol. The first-order chi connectivity index (χ1) is 8.31. The highest BCUT2D eigenvalue weighted by Gasteiger charge is 2.17. The topological polar surface area (TPSA) is 48.2 Å². The van der Waals surface area contributed by atoms with Crippen molar-refractivity contribution in [3.05, 3.63) is 47.6 Å². The van der Waals surface area contributed by atoms with Crippen LogP contribution in [0.3, 0.4) is 0 Å². The Kier molecular flexibility index (Phi) is 4.12. The Bertz CT molecular complexity index is 459. The summed E-state index contributed by atoms with van der Waals surface area (Å²) >= 11 is 6.24. The van der Waals surface area contributed by atoms with Gasteiger partial charge in [0.15, 0.2) is 5.82 Å². The van der Waals surface area contributed by atoms with Gasteiger partial charge in [-0.15, -0.1) is 11.6 Å². The number of hydrogen-bond acceptors (Lipinski definition) is 4. The van der Waals surface area contributed by atoms with Crippen LogP contribution in [0.15, 0.2) is 34.9 Å². The summed E-state index contributed by atoms with van der Waals surface area (Å²) in [7, 11) is 0. The van der Waals surface area contributed by atoms with Crippen LogP contribution in [0.4, 0.5) is 0 Å². The average molecular weight is 253 g/mol. The molecule has 90 valence electrons. The minimum atomic E-state index is -0.418. The number of alkyl halides is 1. The lowest BCUT2D eigenvalue weighted by Gasteiger charge is -2.03. The normalized spacial score (nSPS) is 12.6. The van der Waals surface area contributed by atoms with Crippen molar-refractivity contribution in [2.75, 3.05) is 6.61 Å². The fourth-order valence-electron chi connectivity index (χ4n) is 1.39. The monoisotopic (exact) mass is 252 g/mol. The molecular weight excluding hydrogens is 240 g/mol. The van der Waals surface area contributed by atoms with E-state index in [9.17, 15) is 0 Å². The summed E-state index contributed by atoms with van der Waals surface area (Å²) in [5, 5.41) is 3.39. The van der Waals surface area contributed by atoms with Crippen molar-refractivity contribution in [1.82, 2.24) is 10.1 Å². The summed E-state index contributed by atoms with van der Waals surface area (Å²) in [5.41, 5.74) is 0.931. The lowest BCUT2D eigenvalue weighted by Crippen LogP contribution is -1.96. The Morgan fingerprint density at radius 3 is 2.82 bits per heavy atom. The fraction of sp³-hybridized carbons (Fsp3) is 0.333. The maximum atomic E-state index is 6.24. The van der Waals surface area contributed by atoms with Crippen LogP contribution < -0.4 is 0 Å². The number of hydrogen-bond donors (Lipinski definition) is 0. The molecule has 2 rings (SSSR count). The fourth-order valence-corrected chi connectivity index (χ4v) is 1.62. The van der Waals surface area contributed by atoms with Crippen LogP contribution in [0.2, 0.25) is 0 Å². The van der Waals surface area contributed by atoms with E-state index in [-0.39, 0.29) is 0 Å². The minimum absolute atomic E-state index is 0.346. The lowest BCUT2D eigenvalue weighted by atomic mass is 10.1. The number of ether oxygens (including phenoxy) is 1. The zero-order valence-electron chi connectivity index (χ0n) is 9.47.